The highest BCUT2D eigenvalue weighted by Crippen LogP contribution is 2.27. The highest BCUT2D eigenvalue weighted by molar-refractivity contribution is 5.92. The van der Waals surface area contributed by atoms with Crippen molar-refractivity contribution in [1.82, 2.24) is 0 Å². The van der Waals surface area contributed by atoms with E-state index in [1.54, 1.807) is 19.1 Å². The lowest BCUT2D eigenvalue weighted by atomic mass is 10.2. The molecular weight excluding hydrogens is 299 g/mol. The van der Waals surface area contributed by atoms with Gasteiger partial charge in [0.1, 0.15) is 5.82 Å². The van der Waals surface area contributed by atoms with Gasteiger partial charge < -0.3 is 14.8 Å². The summed E-state index contributed by atoms with van der Waals surface area (Å²) in [6.07, 6.45) is 0. The predicted octanol–water partition coefficient (Wildman–Crippen LogP) is 3.03. The first-order valence-electron chi connectivity index (χ1n) is 6.80. The van der Waals surface area contributed by atoms with E-state index in [2.05, 4.69) is 5.32 Å². The maximum absolute atomic E-state index is 13.0. The molecule has 0 atom stereocenters. The average Bonchev–Trinajstić information content (AvgIpc) is 2.55. The van der Waals surface area contributed by atoms with Crippen molar-refractivity contribution in [1.29, 1.82) is 5.26 Å². The number of benzene rings is 2. The van der Waals surface area contributed by atoms with Gasteiger partial charge in [-0.25, -0.2) is 4.39 Å². The Hall–Kier alpha value is -3.07. The van der Waals surface area contributed by atoms with Crippen LogP contribution in [0.1, 0.15) is 11.1 Å². The monoisotopic (exact) mass is 314 g/mol. The number of halogens is 1. The number of carbonyl (C=O) groups is 1. The first kappa shape index (κ1) is 16.3. The van der Waals surface area contributed by atoms with E-state index < -0.39 is 0 Å². The molecule has 0 bridgehead atoms. The lowest BCUT2D eigenvalue weighted by Gasteiger charge is -2.12. The van der Waals surface area contributed by atoms with Gasteiger partial charge in [0.2, 0.25) is 0 Å². The van der Waals surface area contributed by atoms with Crippen LogP contribution < -0.4 is 14.8 Å². The summed E-state index contributed by atoms with van der Waals surface area (Å²) in [7, 11) is 1.45. The van der Waals surface area contributed by atoms with Crippen LogP contribution in [0, 0.1) is 24.1 Å². The zero-order chi connectivity index (χ0) is 16.8. The van der Waals surface area contributed by atoms with Crippen molar-refractivity contribution in [2.75, 3.05) is 19.0 Å². The van der Waals surface area contributed by atoms with E-state index in [1.807, 2.05) is 6.07 Å². The number of nitrogens with zero attached hydrogens (tertiary/aromatic N) is 1. The zero-order valence-electron chi connectivity index (χ0n) is 12.7. The lowest BCUT2D eigenvalue weighted by molar-refractivity contribution is -0.118. The highest BCUT2D eigenvalue weighted by Gasteiger charge is 2.10. The van der Waals surface area contributed by atoms with Crippen LogP contribution in [-0.2, 0) is 4.79 Å². The normalized spacial score (nSPS) is 9.83. The number of anilines is 1. The van der Waals surface area contributed by atoms with Gasteiger partial charge in [0, 0.05) is 11.8 Å². The van der Waals surface area contributed by atoms with Crippen molar-refractivity contribution in [3.8, 4) is 17.6 Å². The van der Waals surface area contributed by atoms with Crippen LogP contribution >= 0.6 is 0 Å². The Morgan fingerprint density at radius 1 is 1.26 bits per heavy atom. The maximum Gasteiger partial charge on any atom is 0.262 e. The number of hydrogen-bond acceptors (Lipinski definition) is 4. The molecule has 1 amide bonds. The molecule has 0 aliphatic rings. The molecule has 0 saturated carbocycles. The van der Waals surface area contributed by atoms with Crippen LogP contribution in [0.25, 0.3) is 0 Å². The minimum Gasteiger partial charge on any atom is -0.493 e. The number of nitrogens with one attached hydrogen (secondary N) is 1. The fraction of sp³-hybridized carbons (Fsp3) is 0.176. The molecule has 118 valence electrons. The summed E-state index contributed by atoms with van der Waals surface area (Å²) in [5, 5.41) is 11.5. The molecule has 0 saturated heterocycles. The van der Waals surface area contributed by atoms with Crippen molar-refractivity contribution >= 4 is 11.6 Å². The maximum atomic E-state index is 13.0. The third kappa shape index (κ3) is 4.20. The number of carbonyl (C=O) groups excluding carboxylic acids is 1. The first-order valence-corrected chi connectivity index (χ1v) is 6.80. The van der Waals surface area contributed by atoms with Crippen molar-refractivity contribution in [3.63, 3.8) is 0 Å². The lowest BCUT2D eigenvalue weighted by Crippen LogP contribution is -2.20. The van der Waals surface area contributed by atoms with Gasteiger partial charge >= 0.3 is 0 Å². The molecule has 0 heterocycles. The van der Waals surface area contributed by atoms with Crippen LogP contribution in [0.2, 0.25) is 0 Å². The summed E-state index contributed by atoms with van der Waals surface area (Å²) in [5.41, 5.74) is 1.57. The Morgan fingerprint density at radius 2 is 2.04 bits per heavy atom. The summed E-state index contributed by atoms with van der Waals surface area (Å²) >= 11 is 0. The van der Waals surface area contributed by atoms with Crippen LogP contribution in [0.5, 0.6) is 11.5 Å². The molecule has 6 heteroatoms. The SMILES string of the molecule is COc1cc(C#N)ccc1OCC(=O)Nc1ccc(F)cc1C. The number of hydrogen-bond donors (Lipinski definition) is 1. The van der Waals surface area contributed by atoms with E-state index in [0.29, 0.717) is 28.3 Å². The van der Waals surface area contributed by atoms with Gasteiger partial charge in [-0.05, 0) is 42.8 Å². The van der Waals surface area contributed by atoms with E-state index >= 15 is 0 Å². The van der Waals surface area contributed by atoms with Crippen LogP contribution in [0.3, 0.4) is 0 Å². The third-order valence-corrected chi connectivity index (χ3v) is 3.11. The molecule has 2 aromatic carbocycles. The van der Waals surface area contributed by atoms with E-state index in [-0.39, 0.29) is 18.3 Å². The van der Waals surface area contributed by atoms with E-state index in [0.717, 1.165) is 0 Å². The smallest absolute Gasteiger partial charge is 0.262 e. The van der Waals surface area contributed by atoms with Crippen LogP contribution in [0.15, 0.2) is 36.4 Å². The molecule has 0 aliphatic carbocycles. The molecule has 0 aromatic heterocycles. The molecule has 23 heavy (non-hydrogen) atoms. The summed E-state index contributed by atoms with van der Waals surface area (Å²) in [6, 6.07) is 10.7. The zero-order valence-corrected chi connectivity index (χ0v) is 12.7. The minimum absolute atomic E-state index is 0.237. The fourth-order valence-corrected chi connectivity index (χ4v) is 1.95. The highest BCUT2D eigenvalue weighted by atomic mass is 19.1. The summed E-state index contributed by atoms with van der Waals surface area (Å²) in [4.78, 5) is 11.9. The average molecular weight is 314 g/mol. The quantitative estimate of drug-likeness (QED) is 0.921. The molecule has 2 rings (SSSR count). The Labute approximate surface area is 133 Å². The molecule has 0 radical (unpaired) electrons. The number of amides is 1. The fourth-order valence-electron chi connectivity index (χ4n) is 1.95. The first-order chi connectivity index (χ1) is 11.0. The topological polar surface area (TPSA) is 71.3 Å². The van der Waals surface area contributed by atoms with Gasteiger partial charge in [0.05, 0.1) is 18.7 Å². The minimum atomic E-state index is -0.383. The number of nitriles is 1. The van der Waals surface area contributed by atoms with Crippen molar-refractivity contribution < 1.29 is 18.7 Å². The predicted molar refractivity (Wildman–Crippen MR) is 83.0 cm³/mol. The molecule has 2 aromatic rings. The van der Waals surface area contributed by atoms with Crippen molar-refractivity contribution in [2.24, 2.45) is 0 Å². The Balaban J connectivity index is 2.00. The Morgan fingerprint density at radius 3 is 2.70 bits per heavy atom. The Kier molecular flexibility index (Phi) is 5.15. The van der Waals surface area contributed by atoms with Gasteiger partial charge in [0.25, 0.3) is 5.91 Å². The summed E-state index contributed by atoms with van der Waals surface area (Å²) in [5.74, 6) is -0.0162. The Bertz CT molecular complexity index is 769. The van der Waals surface area contributed by atoms with E-state index in [1.165, 1.54) is 31.4 Å². The van der Waals surface area contributed by atoms with Gasteiger partial charge in [-0.2, -0.15) is 5.26 Å². The molecule has 5 nitrogen and oxygen atoms in total. The van der Waals surface area contributed by atoms with Gasteiger partial charge in [-0.1, -0.05) is 0 Å². The molecule has 0 aliphatic heterocycles. The molecule has 0 spiro atoms. The van der Waals surface area contributed by atoms with Gasteiger partial charge in [-0.3, -0.25) is 4.79 Å². The second-order valence-electron chi connectivity index (χ2n) is 4.77. The van der Waals surface area contributed by atoms with Gasteiger partial charge in [0.15, 0.2) is 18.1 Å². The molecular formula is C17H15FN2O3. The summed E-state index contributed by atoms with van der Waals surface area (Å²) < 4.78 is 23.6. The molecule has 1 N–H and O–H groups in total. The number of rotatable bonds is 5. The summed E-state index contributed by atoms with van der Waals surface area (Å²) in [6.45, 7) is 1.46. The van der Waals surface area contributed by atoms with Crippen LogP contribution in [-0.4, -0.2) is 19.6 Å². The molecule has 0 fully saturated rings. The van der Waals surface area contributed by atoms with Crippen LogP contribution in [0.4, 0.5) is 10.1 Å². The largest absolute Gasteiger partial charge is 0.493 e. The number of ether oxygens (including phenoxy) is 2. The second kappa shape index (κ2) is 7.27. The van der Waals surface area contributed by atoms with Crippen molar-refractivity contribution in [2.45, 2.75) is 6.92 Å². The number of aryl methyl sites for hydroxylation is 1. The standard InChI is InChI=1S/C17H15FN2O3/c1-11-7-13(18)4-5-14(11)20-17(21)10-23-15-6-3-12(9-19)8-16(15)22-2/h3-8H,10H2,1-2H3,(H,20,21). The van der Waals surface area contributed by atoms with E-state index in [4.69, 9.17) is 14.7 Å². The molecule has 0 unspecified atom stereocenters. The second-order valence-corrected chi connectivity index (χ2v) is 4.77. The third-order valence-electron chi connectivity index (χ3n) is 3.11. The van der Waals surface area contributed by atoms with E-state index in [9.17, 15) is 9.18 Å². The number of methoxy groups -OCH3 is 1. The van der Waals surface area contributed by atoms with Crippen molar-refractivity contribution in [3.05, 3.63) is 53.3 Å². The van der Waals surface area contributed by atoms with Gasteiger partial charge in [-0.15, -0.1) is 0 Å².